The van der Waals surface area contributed by atoms with Gasteiger partial charge in [0, 0.05) is 0 Å². The Bertz CT molecular complexity index is 964. The maximum Gasteiger partial charge on any atom is 0.121 e. The third-order valence-electron chi connectivity index (χ3n) is 4.10. The zero-order valence-electron chi connectivity index (χ0n) is 13.9. The van der Waals surface area contributed by atoms with Crippen molar-refractivity contribution in [3.63, 3.8) is 0 Å². The summed E-state index contributed by atoms with van der Waals surface area (Å²) in [5.74, 6) is 0.899. The summed E-state index contributed by atoms with van der Waals surface area (Å²) < 4.78 is 0. The van der Waals surface area contributed by atoms with Gasteiger partial charge in [0.1, 0.15) is 11.9 Å². The first-order valence-electron chi connectivity index (χ1n) is 8.27. The van der Waals surface area contributed by atoms with E-state index in [1.165, 1.54) is 0 Å². The summed E-state index contributed by atoms with van der Waals surface area (Å²) in [6.07, 6.45) is 0. The number of nitrogens with zero attached hydrogens (tertiary/aromatic N) is 3. The van der Waals surface area contributed by atoms with E-state index >= 15 is 0 Å². The molecule has 0 atom stereocenters. The molecule has 0 amide bonds. The Kier molecular flexibility index (Phi) is 4.09. The SMILES string of the molecule is Cc1nc2ccc(N=NC(c3ccccc3)c3ccccc3)cc2[nH]1. The molecule has 4 rings (SSSR count). The molecule has 0 aliphatic carbocycles. The van der Waals surface area contributed by atoms with Crippen molar-refractivity contribution in [3.8, 4) is 0 Å². The van der Waals surface area contributed by atoms with Crippen molar-refractivity contribution >= 4 is 16.7 Å². The molecule has 4 aromatic rings. The predicted octanol–water partition coefficient (Wildman–Crippen LogP) is 5.74. The quantitative estimate of drug-likeness (QED) is 0.477. The second-order valence-corrected chi connectivity index (χ2v) is 5.96. The zero-order chi connectivity index (χ0) is 17.1. The highest BCUT2D eigenvalue weighted by atomic mass is 15.1. The summed E-state index contributed by atoms with van der Waals surface area (Å²) >= 11 is 0. The number of azo groups is 1. The monoisotopic (exact) mass is 326 g/mol. The van der Waals surface area contributed by atoms with Crippen LogP contribution in [0.15, 0.2) is 89.1 Å². The van der Waals surface area contributed by atoms with Gasteiger partial charge >= 0.3 is 0 Å². The Morgan fingerprint density at radius 3 is 2.12 bits per heavy atom. The summed E-state index contributed by atoms with van der Waals surface area (Å²) in [7, 11) is 0. The van der Waals surface area contributed by atoms with Gasteiger partial charge in [-0.15, -0.1) is 0 Å². The minimum atomic E-state index is -0.124. The van der Waals surface area contributed by atoms with Crippen LogP contribution in [0.3, 0.4) is 0 Å². The first kappa shape index (κ1) is 15.3. The largest absolute Gasteiger partial charge is 0.342 e. The standard InChI is InChI=1S/C21H18N4/c1-15-22-19-13-12-18(14-20(19)23-15)24-25-21(16-8-4-2-5-9-16)17-10-6-3-7-11-17/h2-14,21H,1H3,(H,22,23). The van der Waals surface area contributed by atoms with Gasteiger partial charge in [0.2, 0.25) is 0 Å². The lowest BCUT2D eigenvalue weighted by Gasteiger charge is -2.12. The minimum absolute atomic E-state index is 0.124. The molecule has 122 valence electrons. The Hall–Kier alpha value is -3.27. The molecule has 0 radical (unpaired) electrons. The van der Waals surface area contributed by atoms with E-state index in [1.807, 2.05) is 61.5 Å². The molecule has 0 saturated heterocycles. The van der Waals surface area contributed by atoms with Crippen molar-refractivity contribution in [1.82, 2.24) is 9.97 Å². The number of benzene rings is 3. The van der Waals surface area contributed by atoms with Crippen LogP contribution in [0.2, 0.25) is 0 Å². The molecular weight excluding hydrogens is 308 g/mol. The van der Waals surface area contributed by atoms with Gasteiger partial charge in [-0.3, -0.25) is 0 Å². The van der Waals surface area contributed by atoms with Gasteiger partial charge in [0.25, 0.3) is 0 Å². The second kappa shape index (κ2) is 6.69. The Labute approximate surface area is 146 Å². The fourth-order valence-corrected chi connectivity index (χ4v) is 2.91. The van der Waals surface area contributed by atoms with E-state index in [1.54, 1.807) is 0 Å². The number of hydrogen-bond donors (Lipinski definition) is 1. The van der Waals surface area contributed by atoms with Gasteiger partial charge in [-0.2, -0.15) is 10.2 Å². The molecule has 1 aromatic heterocycles. The molecular formula is C21H18N4. The lowest BCUT2D eigenvalue weighted by molar-refractivity contribution is 0.809. The fraction of sp³-hybridized carbons (Fsp3) is 0.0952. The summed E-state index contributed by atoms with van der Waals surface area (Å²) in [6.45, 7) is 1.95. The van der Waals surface area contributed by atoms with E-state index in [0.29, 0.717) is 0 Å². The summed E-state index contributed by atoms with van der Waals surface area (Å²) in [5, 5.41) is 9.13. The number of hydrogen-bond acceptors (Lipinski definition) is 3. The normalized spacial score (nSPS) is 11.6. The second-order valence-electron chi connectivity index (χ2n) is 5.96. The maximum atomic E-state index is 4.64. The molecule has 3 aromatic carbocycles. The van der Waals surface area contributed by atoms with Crippen molar-refractivity contribution in [1.29, 1.82) is 0 Å². The van der Waals surface area contributed by atoms with Crippen LogP contribution in [-0.4, -0.2) is 9.97 Å². The number of H-pyrrole nitrogens is 1. The predicted molar refractivity (Wildman–Crippen MR) is 100 cm³/mol. The smallest absolute Gasteiger partial charge is 0.121 e. The average molecular weight is 326 g/mol. The van der Waals surface area contributed by atoms with Crippen LogP contribution >= 0.6 is 0 Å². The average Bonchev–Trinajstić information content (AvgIpc) is 3.03. The van der Waals surface area contributed by atoms with Gasteiger partial charge in [0.05, 0.1) is 16.7 Å². The lowest BCUT2D eigenvalue weighted by Crippen LogP contribution is -1.96. The van der Waals surface area contributed by atoms with Crippen LogP contribution in [0.5, 0.6) is 0 Å². The lowest BCUT2D eigenvalue weighted by atomic mass is 10.00. The van der Waals surface area contributed by atoms with E-state index in [4.69, 9.17) is 0 Å². The molecule has 1 N–H and O–H groups in total. The number of aromatic amines is 1. The van der Waals surface area contributed by atoms with Gasteiger partial charge in [-0.25, -0.2) is 4.98 Å². The first-order chi connectivity index (χ1) is 12.3. The van der Waals surface area contributed by atoms with Crippen molar-refractivity contribution in [2.24, 2.45) is 10.2 Å². The van der Waals surface area contributed by atoms with E-state index in [9.17, 15) is 0 Å². The highest BCUT2D eigenvalue weighted by Gasteiger charge is 2.12. The third kappa shape index (κ3) is 3.33. The molecule has 4 nitrogen and oxygen atoms in total. The number of rotatable bonds is 4. The molecule has 1 heterocycles. The third-order valence-corrected chi connectivity index (χ3v) is 4.10. The minimum Gasteiger partial charge on any atom is -0.342 e. The van der Waals surface area contributed by atoms with Gasteiger partial charge < -0.3 is 4.98 Å². The maximum absolute atomic E-state index is 4.64. The van der Waals surface area contributed by atoms with E-state index in [2.05, 4.69) is 44.5 Å². The van der Waals surface area contributed by atoms with Crippen molar-refractivity contribution in [2.45, 2.75) is 13.0 Å². The Balaban J connectivity index is 1.70. The van der Waals surface area contributed by atoms with Gasteiger partial charge in [0.15, 0.2) is 0 Å². The van der Waals surface area contributed by atoms with Gasteiger partial charge in [-0.05, 0) is 36.2 Å². The summed E-state index contributed by atoms with van der Waals surface area (Å²) in [6, 6.07) is 26.2. The zero-order valence-corrected chi connectivity index (χ0v) is 13.9. The molecule has 4 heteroatoms. The van der Waals surface area contributed by atoms with Crippen LogP contribution in [-0.2, 0) is 0 Å². The van der Waals surface area contributed by atoms with Crippen molar-refractivity contribution in [2.75, 3.05) is 0 Å². The molecule has 0 fully saturated rings. The van der Waals surface area contributed by atoms with Crippen LogP contribution in [0.25, 0.3) is 11.0 Å². The number of fused-ring (bicyclic) bond motifs is 1. The summed E-state index contributed by atoms with van der Waals surface area (Å²) in [4.78, 5) is 7.65. The van der Waals surface area contributed by atoms with Crippen LogP contribution in [0.1, 0.15) is 23.0 Å². The number of aryl methyl sites for hydroxylation is 1. The molecule has 0 aliphatic heterocycles. The highest BCUT2D eigenvalue weighted by molar-refractivity contribution is 5.78. The number of imidazole rings is 1. The van der Waals surface area contributed by atoms with Gasteiger partial charge in [-0.1, -0.05) is 60.7 Å². The van der Waals surface area contributed by atoms with E-state index < -0.39 is 0 Å². The molecule has 0 aliphatic rings. The van der Waals surface area contributed by atoms with E-state index in [0.717, 1.165) is 33.7 Å². The Morgan fingerprint density at radius 2 is 1.48 bits per heavy atom. The Morgan fingerprint density at radius 1 is 0.840 bits per heavy atom. The van der Waals surface area contributed by atoms with Crippen LogP contribution in [0, 0.1) is 6.92 Å². The van der Waals surface area contributed by atoms with Crippen molar-refractivity contribution in [3.05, 3.63) is 95.8 Å². The molecule has 0 unspecified atom stereocenters. The first-order valence-corrected chi connectivity index (χ1v) is 8.27. The van der Waals surface area contributed by atoms with Crippen LogP contribution < -0.4 is 0 Å². The molecule has 25 heavy (non-hydrogen) atoms. The number of nitrogens with one attached hydrogen (secondary N) is 1. The van der Waals surface area contributed by atoms with Crippen molar-refractivity contribution < 1.29 is 0 Å². The van der Waals surface area contributed by atoms with Crippen LogP contribution in [0.4, 0.5) is 5.69 Å². The molecule has 0 saturated carbocycles. The topological polar surface area (TPSA) is 53.4 Å². The van der Waals surface area contributed by atoms with E-state index in [-0.39, 0.29) is 6.04 Å². The fourth-order valence-electron chi connectivity index (χ4n) is 2.91. The number of aromatic nitrogens is 2. The summed E-state index contributed by atoms with van der Waals surface area (Å²) in [5.41, 5.74) is 4.98. The molecule has 0 spiro atoms. The molecule has 0 bridgehead atoms. The highest BCUT2D eigenvalue weighted by Crippen LogP contribution is 2.28.